The van der Waals surface area contributed by atoms with Crippen molar-refractivity contribution in [2.24, 2.45) is 0 Å². The summed E-state index contributed by atoms with van der Waals surface area (Å²) in [7, 11) is -3.12. The maximum Gasteiger partial charge on any atom is 1.00 e. The van der Waals surface area contributed by atoms with Crippen molar-refractivity contribution in [1.29, 1.82) is 0 Å². The van der Waals surface area contributed by atoms with Crippen LogP contribution < -0.4 is 68.9 Å². The van der Waals surface area contributed by atoms with Crippen LogP contribution in [0.15, 0.2) is 0 Å². The zero-order chi connectivity index (χ0) is 16.8. The Morgan fingerprint density at radius 2 is 1.54 bits per heavy atom. The second kappa shape index (κ2) is 19.8. The molecule has 1 unspecified atom stereocenters. The van der Waals surface area contributed by atoms with Gasteiger partial charge in [-0.2, -0.15) is 0 Å². The first-order chi connectivity index (χ1) is 10.3. The number of aliphatic hydroxyl groups is 1. The summed E-state index contributed by atoms with van der Waals surface area (Å²) >= 11 is 0. The van der Waals surface area contributed by atoms with Crippen LogP contribution in [-0.2, 0) is 9.09 Å². The molecule has 0 heterocycles. The number of phosphoric ester groups is 1. The van der Waals surface area contributed by atoms with Gasteiger partial charge in [-0.15, -0.1) is 0 Å². The Labute approximate surface area is 191 Å². The second-order valence-corrected chi connectivity index (χ2v) is 7.11. The van der Waals surface area contributed by atoms with Crippen LogP contribution in [0.2, 0.25) is 0 Å². The van der Waals surface area contributed by atoms with Gasteiger partial charge in [0.05, 0.1) is 20.5 Å². The minimum atomic E-state index is -4.88. The van der Waals surface area contributed by atoms with Gasteiger partial charge in [0.1, 0.15) is 0 Å². The fraction of sp³-hybridized carbons (Fsp3) is 1.00. The van der Waals surface area contributed by atoms with E-state index in [-0.39, 0.29) is 65.7 Å². The first-order valence-electron chi connectivity index (χ1n) is 8.38. The third kappa shape index (κ3) is 24.0. The van der Waals surface area contributed by atoms with Crippen LogP contribution in [-0.4, -0.2) is 42.9 Å². The summed E-state index contributed by atoms with van der Waals surface area (Å²) in [6.07, 6.45) is 10.2. The predicted octanol–water partition coefficient (Wildman–Crippen LogP) is -4.34. The van der Waals surface area contributed by atoms with E-state index in [0.717, 1.165) is 19.3 Å². The van der Waals surface area contributed by atoms with Crippen LogP contribution >= 0.6 is 7.82 Å². The molecule has 0 fully saturated rings. The molecule has 0 saturated heterocycles. The van der Waals surface area contributed by atoms with Crippen LogP contribution in [0, 0.1) is 0 Å². The monoisotopic (exact) mass is 383 g/mol. The van der Waals surface area contributed by atoms with E-state index in [1.807, 2.05) is 0 Å². The average Bonchev–Trinajstić information content (AvgIpc) is 2.40. The Balaban J connectivity index is -0.00000220. The van der Waals surface area contributed by atoms with Crippen molar-refractivity contribution < 1.29 is 83.1 Å². The summed E-state index contributed by atoms with van der Waals surface area (Å²) in [6.45, 7) is 2.82. The summed E-state index contributed by atoms with van der Waals surface area (Å²) in [5.74, 6) is 0. The normalized spacial score (nSPS) is 12.6. The van der Waals surface area contributed by atoms with Crippen molar-refractivity contribution in [3.63, 3.8) is 0 Å². The van der Waals surface area contributed by atoms with Crippen LogP contribution in [0.1, 0.15) is 64.7 Å². The Kier molecular flexibility index (Phi) is 25.3. The number of hydrogen-bond donors (Lipinski definition) is 1. The summed E-state index contributed by atoms with van der Waals surface area (Å²) in [5.41, 5.74) is 0. The van der Waals surface area contributed by atoms with Gasteiger partial charge in [0.25, 0.3) is 0 Å². The molecule has 24 heavy (non-hydrogen) atoms. The molecule has 0 aromatic carbocycles. The van der Waals surface area contributed by atoms with Gasteiger partial charge in [-0.3, -0.25) is 0 Å². The Morgan fingerprint density at radius 3 is 2.04 bits per heavy atom. The maximum atomic E-state index is 10.3. The van der Waals surface area contributed by atoms with Crippen LogP contribution in [0.4, 0.5) is 0 Å². The summed E-state index contributed by atoms with van der Waals surface area (Å²) in [5, 5.41) is 9.89. The van der Waals surface area contributed by atoms with Crippen molar-refractivity contribution in [2.75, 3.05) is 26.7 Å². The third-order valence-electron chi connectivity index (χ3n) is 3.64. The van der Waals surface area contributed by atoms with E-state index in [2.05, 4.69) is 11.4 Å². The van der Waals surface area contributed by atoms with Crippen molar-refractivity contribution in [2.45, 2.75) is 70.8 Å². The SMILES string of the molecule is CCCCCCCCCCC(O)CN(C)CCOP(=O)([O-])[O-].[Na+].[Na+]. The standard InChI is InChI=1S/C15H34NO5P.2Na/c1-3-4-5-6-7-8-9-10-11-15(17)14-16(2)12-13-21-22(18,19)20;;/h15,17H,3-14H2,1-2H3,(H2,18,19,20);;/q;2*+1/p-2. The summed E-state index contributed by atoms with van der Waals surface area (Å²) in [4.78, 5) is 22.4. The van der Waals surface area contributed by atoms with E-state index in [1.54, 1.807) is 11.9 Å². The van der Waals surface area contributed by atoms with Crippen molar-refractivity contribution >= 4 is 7.82 Å². The van der Waals surface area contributed by atoms with E-state index in [0.29, 0.717) is 13.1 Å². The van der Waals surface area contributed by atoms with E-state index in [4.69, 9.17) is 0 Å². The van der Waals surface area contributed by atoms with Crippen molar-refractivity contribution in [1.82, 2.24) is 4.90 Å². The molecule has 0 aromatic rings. The number of nitrogens with zero attached hydrogens (tertiary/aromatic N) is 1. The van der Waals surface area contributed by atoms with Gasteiger partial charge >= 0.3 is 59.1 Å². The van der Waals surface area contributed by atoms with Gasteiger partial charge in [-0.1, -0.05) is 58.3 Å². The molecule has 9 heteroatoms. The molecule has 0 amide bonds. The minimum Gasteiger partial charge on any atom is -0.790 e. The molecule has 0 aromatic heterocycles. The fourth-order valence-electron chi connectivity index (χ4n) is 2.36. The second-order valence-electron chi connectivity index (χ2n) is 5.96. The molecule has 1 N–H and O–H groups in total. The topological polar surface area (TPSA) is 95.9 Å². The van der Waals surface area contributed by atoms with Crippen LogP contribution in [0.3, 0.4) is 0 Å². The molecule has 6 nitrogen and oxygen atoms in total. The number of phosphoric acid groups is 1. The van der Waals surface area contributed by atoms with Gasteiger partial charge < -0.3 is 28.9 Å². The van der Waals surface area contributed by atoms with Crippen LogP contribution in [0.5, 0.6) is 0 Å². The quantitative estimate of drug-likeness (QED) is 0.175. The molecule has 0 saturated carbocycles. The number of hydrogen-bond acceptors (Lipinski definition) is 6. The largest absolute Gasteiger partial charge is 1.00 e. The van der Waals surface area contributed by atoms with Crippen molar-refractivity contribution in [3.8, 4) is 0 Å². The molecule has 0 aliphatic heterocycles. The number of aliphatic hydroxyl groups excluding tert-OH is 1. The zero-order valence-electron chi connectivity index (χ0n) is 16.0. The summed E-state index contributed by atoms with van der Waals surface area (Å²) in [6, 6.07) is 0. The maximum absolute atomic E-state index is 10.3. The molecule has 0 bridgehead atoms. The van der Waals surface area contributed by atoms with Gasteiger partial charge in [-0.05, 0) is 13.5 Å². The molecule has 0 radical (unpaired) electrons. The van der Waals surface area contributed by atoms with Crippen molar-refractivity contribution in [3.05, 3.63) is 0 Å². The Bertz CT molecular complexity index is 308. The first kappa shape index (κ1) is 30.7. The van der Waals surface area contributed by atoms with Gasteiger partial charge in [0.15, 0.2) is 0 Å². The van der Waals surface area contributed by atoms with E-state index >= 15 is 0 Å². The number of rotatable bonds is 15. The Morgan fingerprint density at radius 1 is 1.04 bits per heavy atom. The summed E-state index contributed by atoms with van der Waals surface area (Å²) < 4.78 is 14.5. The molecule has 0 aliphatic rings. The molecule has 0 spiro atoms. The predicted molar refractivity (Wildman–Crippen MR) is 84.3 cm³/mol. The van der Waals surface area contributed by atoms with E-state index < -0.39 is 13.9 Å². The molecular weight excluding hydrogens is 351 g/mol. The molecule has 134 valence electrons. The Hall–Kier alpha value is 2.03. The minimum absolute atomic E-state index is 0. The number of unbranched alkanes of at least 4 members (excludes halogenated alkanes) is 7. The van der Waals surface area contributed by atoms with Crippen LogP contribution in [0.25, 0.3) is 0 Å². The van der Waals surface area contributed by atoms with Gasteiger partial charge in [-0.25, -0.2) is 0 Å². The molecule has 1 atom stereocenters. The smallest absolute Gasteiger partial charge is 0.790 e. The first-order valence-corrected chi connectivity index (χ1v) is 9.84. The van der Waals surface area contributed by atoms with E-state index in [1.165, 1.54) is 38.5 Å². The molecular formula is C15H32NNa2O5P. The molecule has 0 aliphatic carbocycles. The fourth-order valence-corrected chi connectivity index (χ4v) is 2.67. The number of likely N-dealkylation sites (N-methyl/N-ethyl adjacent to an activating group) is 1. The van der Waals surface area contributed by atoms with Gasteiger partial charge in [0.2, 0.25) is 0 Å². The van der Waals surface area contributed by atoms with Gasteiger partial charge in [0, 0.05) is 13.1 Å². The molecule has 0 rings (SSSR count). The van der Waals surface area contributed by atoms with E-state index in [9.17, 15) is 19.5 Å². The zero-order valence-corrected chi connectivity index (χ0v) is 20.9. The average molecular weight is 383 g/mol. The third-order valence-corrected chi connectivity index (χ3v) is 4.13.